The first-order chi connectivity index (χ1) is 7.79. The van der Waals surface area contributed by atoms with Crippen molar-refractivity contribution in [1.29, 1.82) is 0 Å². The molecule has 1 aromatic carbocycles. The Kier molecular flexibility index (Phi) is 4.08. The summed E-state index contributed by atoms with van der Waals surface area (Å²) in [4.78, 5) is 4.14. The number of nitrogens with one attached hydrogen (secondary N) is 1. The molecule has 5 N–H and O–H groups in total. The molecule has 7 heteroatoms. The Morgan fingerprint density at radius 2 is 1.82 bits per heavy atom. The van der Waals surface area contributed by atoms with E-state index in [-0.39, 0.29) is 16.9 Å². The standard InChI is InChI=1S/C10H16N4O2S/c1-7(2)13-10(11)14-8-3-5-9(6-4-8)17(12,15)16/h3-7H,1-2H3,(H3,11,13,14)(H2,12,15,16). The molecule has 0 unspecified atom stereocenters. The van der Waals surface area contributed by atoms with Crippen LogP contribution in [0.25, 0.3) is 0 Å². The fourth-order valence-electron chi connectivity index (χ4n) is 1.19. The highest BCUT2D eigenvalue weighted by Gasteiger charge is 2.06. The first-order valence-electron chi connectivity index (χ1n) is 5.02. The van der Waals surface area contributed by atoms with Crippen molar-refractivity contribution in [3.63, 3.8) is 0 Å². The Morgan fingerprint density at radius 3 is 2.24 bits per heavy atom. The maximum Gasteiger partial charge on any atom is 0.238 e. The van der Waals surface area contributed by atoms with Gasteiger partial charge < -0.3 is 11.1 Å². The van der Waals surface area contributed by atoms with Gasteiger partial charge in [-0.05, 0) is 38.1 Å². The third-order valence-corrected chi connectivity index (χ3v) is 2.78. The lowest BCUT2D eigenvalue weighted by atomic mass is 10.3. The number of hydrogen-bond acceptors (Lipinski definition) is 3. The van der Waals surface area contributed by atoms with E-state index >= 15 is 0 Å². The number of rotatable bonds is 3. The Morgan fingerprint density at radius 1 is 1.29 bits per heavy atom. The molecule has 0 aliphatic carbocycles. The van der Waals surface area contributed by atoms with E-state index in [4.69, 9.17) is 10.9 Å². The molecule has 6 nitrogen and oxygen atoms in total. The monoisotopic (exact) mass is 256 g/mol. The van der Waals surface area contributed by atoms with Gasteiger partial charge in [0.1, 0.15) is 0 Å². The molecule has 0 saturated heterocycles. The van der Waals surface area contributed by atoms with Gasteiger partial charge in [0.2, 0.25) is 10.0 Å². The number of primary sulfonamides is 1. The van der Waals surface area contributed by atoms with E-state index in [1.807, 2.05) is 13.8 Å². The van der Waals surface area contributed by atoms with E-state index < -0.39 is 10.0 Å². The Balaban J connectivity index is 2.83. The molecule has 94 valence electrons. The van der Waals surface area contributed by atoms with Crippen LogP contribution in [0.1, 0.15) is 13.8 Å². The molecule has 0 spiro atoms. The summed E-state index contributed by atoms with van der Waals surface area (Å²) in [5.74, 6) is 0.281. The molecule has 0 amide bonds. The highest BCUT2D eigenvalue weighted by atomic mass is 32.2. The van der Waals surface area contributed by atoms with Crippen molar-refractivity contribution in [3.8, 4) is 0 Å². The number of benzene rings is 1. The van der Waals surface area contributed by atoms with Gasteiger partial charge in [0.25, 0.3) is 0 Å². The summed E-state index contributed by atoms with van der Waals surface area (Å²) < 4.78 is 22.0. The number of nitrogens with two attached hydrogens (primary N) is 2. The van der Waals surface area contributed by atoms with Crippen LogP contribution in [0.2, 0.25) is 0 Å². The molecule has 0 heterocycles. The summed E-state index contributed by atoms with van der Waals surface area (Å²) in [7, 11) is -3.66. The molecule has 0 aromatic heterocycles. The Bertz CT molecular complexity index is 506. The van der Waals surface area contributed by atoms with Gasteiger partial charge in [-0.25, -0.2) is 13.6 Å². The van der Waals surface area contributed by atoms with Crippen LogP contribution in [-0.4, -0.2) is 20.4 Å². The van der Waals surface area contributed by atoms with Gasteiger partial charge in [0, 0.05) is 11.7 Å². The molecular weight excluding hydrogens is 240 g/mol. The summed E-state index contributed by atoms with van der Waals surface area (Å²) in [6.45, 7) is 3.80. The van der Waals surface area contributed by atoms with Crippen molar-refractivity contribution >= 4 is 21.7 Å². The van der Waals surface area contributed by atoms with Crippen molar-refractivity contribution in [2.24, 2.45) is 15.9 Å². The number of aliphatic imine (C=N–C) groups is 1. The van der Waals surface area contributed by atoms with Crippen LogP contribution in [0.3, 0.4) is 0 Å². The van der Waals surface area contributed by atoms with E-state index in [0.717, 1.165) is 0 Å². The molecule has 0 fully saturated rings. The lowest BCUT2D eigenvalue weighted by Crippen LogP contribution is -2.24. The second kappa shape index (κ2) is 5.15. The second-order valence-corrected chi connectivity index (χ2v) is 5.36. The molecule has 0 aliphatic rings. The summed E-state index contributed by atoms with van der Waals surface area (Å²) in [5.41, 5.74) is 6.28. The zero-order valence-electron chi connectivity index (χ0n) is 9.71. The van der Waals surface area contributed by atoms with Crippen LogP contribution in [0, 0.1) is 0 Å². The normalized spacial score (nSPS) is 12.8. The zero-order valence-corrected chi connectivity index (χ0v) is 10.5. The van der Waals surface area contributed by atoms with Crippen LogP contribution in [0.5, 0.6) is 0 Å². The summed E-state index contributed by atoms with van der Waals surface area (Å²) in [6, 6.07) is 6.04. The van der Waals surface area contributed by atoms with E-state index in [0.29, 0.717) is 5.69 Å². The minimum absolute atomic E-state index is 0.0578. The summed E-state index contributed by atoms with van der Waals surface area (Å²) in [6.07, 6.45) is 0. The molecule has 1 aromatic rings. The third-order valence-electron chi connectivity index (χ3n) is 1.85. The first kappa shape index (κ1) is 13.5. The summed E-state index contributed by atoms with van der Waals surface area (Å²) >= 11 is 0. The van der Waals surface area contributed by atoms with Crippen LogP contribution in [0.4, 0.5) is 5.69 Å². The quantitative estimate of drug-likeness (QED) is 0.539. The van der Waals surface area contributed by atoms with Gasteiger partial charge in [0.05, 0.1) is 4.90 Å². The molecule has 0 saturated carbocycles. The lowest BCUT2D eigenvalue weighted by molar-refractivity contribution is 0.598. The number of anilines is 1. The maximum absolute atomic E-state index is 11.0. The molecule has 17 heavy (non-hydrogen) atoms. The minimum atomic E-state index is -3.66. The average Bonchev–Trinajstić information content (AvgIpc) is 2.15. The number of guanidine groups is 1. The minimum Gasteiger partial charge on any atom is -0.370 e. The van der Waals surface area contributed by atoms with E-state index in [9.17, 15) is 8.42 Å². The molecule has 0 bridgehead atoms. The Hall–Kier alpha value is -1.60. The fraction of sp³-hybridized carbons (Fsp3) is 0.300. The van der Waals surface area contributed by atoms with Crippen molar-refractivity contribution in [2.75, 3.05) is 5.32 Å². The molecule has 0 aliphatic heterocycles. The number of hydrogen-bond donors (Lipinski definition) is 3. The average molecular weight is 256 g/mol. The summed E-state index contributed by atoms with van der Waals surface area (Å²) in [5, 5.41) is 7.82. The highest BCUT2D eigenvalue weighted by molar-refractivity contribution is 7.89. The predicted octanol–water partition coefficient (Wildman–Crippen LogP) is 0.469. The van der Waals surface area contributed by atoms with Gasteiger partial charge in [-0.2, -0.15) is 0 Å². The van der Waals surface area contributed by atoms with Gasteiger partial charge in [-0.1, -0.05) is 0 Å². The van der Waals surface area contributed by atoms with Crippen LogP contribution >= 0.6 is 0 Å². The largest absolute Gasteiger partial charge is 0.370 e. The number of nitrogens with zero attached hydrogens (tertiary/aromatic N) is 1. The third kappa shape index (κ3) is 4.41. The van der Waals surface area contributed by atoms with Gasteiger partial charge >= 0.3 is 0 Å². The van der Waals surface area contributed by atoms with Crippen LogP contribution < -0.4 is 16.2 Å². The van der Waals surface area contributed by atoms with Crippen LogP contribution in [0.15, 0.2) is 34.2 Å². The van der Waals surface area contributed by atoms with Crippen molar-refractivity contribution in [3.05, 3.63) is 24.3 Å². The molecule has 0 radical (unpaired) electrons. The van der Waals surface area contributed by atoms with Crippen molar-refractivity contribution in [2.45, 2.75) is 24.8 Å². The molecule has 1 rings (SSSR count). The molecular formula is C10H16N4O2S. The van der Waals surface area contributed by atoms with E-state index in [1.165, 1.54) is 12.1 Å². The number of sulfonamides is 1. The smallest absolute Gasteiger partial charge is 0.238 e. The topological polar surface area (TPSA) is 111 Å². The van der Waals surface area contributed by atoms with Gasteiger partial charge in [-0.15, -0.1) is 0 Å². The predicted molar refractivity (Wildman–Crippen MR) is 68.2 cm³/mol. The van der Waals surface area contributed by atoms with Crippen molar-refractivity contribution < 1.29 is 8.42 Å². The van der Waals surface area contributed by atoms with Crippen molar-refractivity contribution in [1.82, 2.24) is 0 Å². The SMILES string of the molecule is CC(C)N=C(N)Nc1ccc(S(N)(=O)=O)cc1. The lowest BCUT2D eigenvalue weighted by Gasteiger charge is -2.07. The van der Waals surface area contributed by atoms with E-state index in [2.05, 4.69) is 10.3 Å². The zero-order chi connectivity index (χ0) is 13.1. The maximum atomic E-state index is 11.0. The molecule has 0 atom stereocenters. The fourth-order valence-corrected chi connectivity index (χ4v) is 1.70. The highest BCUT2D eigenvalue weighted by Crippen LogP contribution is 2.12. The van der Waals surface area contributed by atoms with E-state index in [1.54, 1.807) is 12.1 Å². The van der Waals surface area contributed by atoms with Crippen LogP contribution in [-0.2, 0) is 10.0 Å². The van der Waals surface area contributed by atoms with Gasteiger partial charge in [0.15, 0.2) is 5.96 Å². The Labute approximate surface area is 101 Å². The van der Waals surface area contributed by atoms with Gasteiger partial charge in [-0.3, -0.25) is 4.99 Å². The second-order valence-electron chi connectivity index (χ2n) is 3.80. The first-order valence-corrected chi connectivity index (χ1v) is 6.57.